The standard InChI is InChI=1S/C15H14ClF2NO/c1-9-2-5-14(12(16)6-9)19-8-15(20)11-4-3-10(17)7-13(11)18/h2-7,15,19-20H,8H2,1H3. The molecule has 0 radical (unpaired) electrons. The maximum absolute atomic E-state index is 13.5. The van der Waals surface area contributed by atoms with E-state index < -0.39 is 17.7 Å². The second kappa shape index (κ2) is 6.20. The summed E-state index contributed by atoms with van der Waals surface area (Å²) in [6.45, 7) is 1.99. The van der Waals surface area contributed by atoms with Gasteiger partial charge in [0.25, 0.3) is 0 Å². The van der Waals surface area contributed by atoms with Crippen LogP contribution < -0.4 is 5.32 Å². The molecule has 2 nitrogen and oxygen atoms in total. The van der Waals surface area contributed by atoms with Crippen molar-refractivity contribution in [2.24, 2.45) is 0 Å². The molecule has 5 heteroatoms. The predicted molar refractivity (Wildman–Crippen MR) is 76.0 cm³/mol. The van der Waals surface area contributed by atoms with Crippen LogP contribution in [0.2, 0.25) is 5.02 Å². The fourth-order valence-electron chi connectivity index (χ4n) is 1.85. The number of aryl methyl sites for hydroxylation is 1. The van der Waals surface area contributed by atoms with E-state index in [4.69, 9.17) is 11.6 Å². The van der Waals surface area contributed by atoms with E-state index in [9.17, 15) is 13.9 Å². The number of anilines is 1. The first-order valence-corrected chi connectivity index (χ1v) is 6.48. The summed E-state index contributed by atoms with van der Waals surface area (Å²) in [5.74, 6) is -1.44. The quantitative estimate of drug-likeness (QED) is 0.891. The minimum Gasteiger partial charge on any atom is -0.386 e. The highest BCUT2D eigenvalue weighted by molar-refractivity contribution is 6.33. The molecule has 0 aliphatic carbocycles. The summed E-state index contributed by atoms with van der Waals surface area (Å²) >= 11 is 6.04. The second-order valence-electron chi connectivity index (χ2n) is 4.55. The van der Waals surface area contributed by atoms with Crippen LogP contribution >= 0.6 is 11.6 Å². The Bertz CT molecular complexity index is 619. The lowest BCUT2D eigenvalue weighted by atomic mass is 10.1. The molecule has 0 aromatic heterocycles. The summed E-state index contributed by atoms with van der Waals surface area (Å²) in [6.07, 6.45) is -1.09. The van der Waals surface area contributed by atoms with Gasteiger partial charge in [0.2, 0.25) is 0 Å². The van der Waals surface area contributed by atoms with Gasteiger partial charge in [-0.2, -0.15) is 0 Å². The molecule has 0 aliphatic rings. The summed E-state index contributed by atoms with van der Waals surface area (Å²) in [6, 6.07) is 8.53. The lowest BCUT2D eigenvalue weighted by molar-refractivity contribution is 0.186. The lowest BCUT2D eigenvalue weighted by Gasteiger charge is -2.15. The maximum Gasteiger partial charge on any atom is 0.131 e. The molecule has 1 atom stereocenters. The number of nitrogens with one attached hydrogen (secondary N) is 1. The number of aliphatic hydroxyl groups is 1. The number of hydrogen-bond donors (Lipinski definition) is 2. The van der Waals surface area contributed by atoms with Crippen LogP contribution in [0.5, 0.6) is 0 Å². The fraction of sp³-hybridized carbons (Fsp3) is 0.200. The second-order valence-corrected chi connectivity index (χ2v) is 4.95. The molecular formula is C15H14ClF2NO. The molecule has 1 unspecified atom stereocenters. The zero-order valence-corrected chi connectivity index (χ0v) is 11.6. The molecule has 0 fully saturated rings. The normalized spacial score (nSPS) is 12.2. The molecule has 106 valence electrons. The van der Waals surface area contributed by atoms with Crippen LogP contribution in [0, 0.1) is 18.6 Å². The van der Waals surface area contributed by atoms with E-state index in [2.05, 4.69) is 5.32 Å². The number of hydrogen-bond acceptors (Lipinski definition) is 2. The Hall–Kier alpha value is -1.65. The Labute approximate surface area is 121 Å². The van der Waals surface area contributed by atoms with Gasteiger partial charge in [-0.3, -0.25) is 0 Å². The van der Waals surface area contributed by atoms with Gasteiger partial charge in [0.15, 0.2) is 0 Å². The number of aliphatic hydroxyl groups excluding tert-OH is 1. The van der Waals surface area contributed by atoms with Crippen molar-refractivity contribution in [3.05, 3.63) is 64.2 Å². The highest BCUT2D eigenvalue weighted by atomic mass is 35.5. The minimum atomic E-state index is -1.09. The molecule has 0 bridgehead atoms. The lowest BCUT2D eigenvalue weighted by Crippen LogP contribution is -2.13. The molecule has 2 aromatic carbocycles. The smallest absolute Gasteiger partial charge is 0.131 e. The number of rotatable bonds is 4. The van der Waals surface area contributed by atoms with Crippen LogP contribution in [0.15, 0.2) is 36.4 Å². The van der Waals surface area contributed by atoms with Gasteiger partial charge in [-0.15, -0.1) is 0 Å². The van der Waals surface area contributed by atoms with Crippen LogP contribution in [0.25, 0.3) is 0 Å². The molecule has 0 spiro atoms. The van der Waals surface area contributed by atoms with Crippen molar-refractivity contribution in [2.45, 2.75) is 13.0 Å². The third-order valence-corrected chi connectivity index (χ3v) is 3.24. The molecule has 0 saturated carbocycles. The average molecular weight is 298 g/mol. The van der Waals surface area contributed by atoms with Crippen molar-refractivity contribution in [1.29, 1.82) is 0 Å². The third kappa shape index (κ3) is 3.46. The Morgan fingerprint density at radius 1 is 1.20 bits per heavy atom. The van der Waals surface area contributed by atoms with Crippen molar-refractivity contribution in [2.75, 3.05) is 11.9 Å². The number of halogens is 3. The average Bonchev–Trinajstić information content (AvgIpc) is 2.37. The van der Waals surface area contributed by atoms with E-state index in [1.807, 2.05) is 13.0 Å². The summed E-state index contributed by atoms with van der Waals surface area (Å²) in [5, 5.41) is 13.4. The fourth-order valence-corrected chi connectivity index (χ4v) is 2.15. The molecule has 2 aromatic rings. The largest absolute Gasteiger partial charge is 0.386 e. The molecule has 2 N–H and O–H groups in total. The molecule has 2 rings (SSSR count). The Morgan fingerprint density at radius 3 is 2.60 bits per heavy atom. The monoisotopic (exact) mass is 297 g/mol. The van der Waals surface area contributed by atoms with Gasteiger partial charge in [0.1, 0.15) is 11.6 Å². The summed E-state index contributed by atoms with van der Waals surface area (Å²) in [5.41, 5.74) is 1.71. The van der Waals surface area contributed by atoms with E-state index >= 15 is 0 Å². The van der Waals surface area contributed by atoms with Crippen molar-refractivity contribution >= 4 is 17.3 Å². The molecule has 0 heterocycles. The predicted octanol–water partition coefficient (Wildman–Crippen LogP) is 4.07. The van der Waals surface area contributed by atoms with E-state index in [0.29, 0.717) is 10.7 Å². The van der Waals surface area contributed by atoms with Gasteiger partial charge < -0.3 is 10.4 Å². The van der Waals surface area contributed by atoms with Crippen molar-refractivity contribution in [1.82, 2.24) is 0 Å². The van der Waals surface area contributed by atoms with Gasteiger partial charge in [-0.1, -0.05) is 23.7 Å². The van der Waals surface area contributed by atoms with Crippen LogP contribution in [0.1, 0.15) is 17.2 Å². The molecular weight excluding hydrogens is 284 g/mol. The van der Waals surface area contributed by atoms with Gasteiger partial charge in [0.05, 0.1) is 16.8 Å². The first-order valence-electron chi connectivity index (χ1n) is 6.10. The first kappa shape index (κ1) is 14.8. The minimum absolute atomic E-state index is 0.0436. The van der Waals surface area contributed by atoms with E-state index in [-0.39, 0.29) is 12.1 Å². The summed E-state index contributed by atoms with van der Waals surface area (Å²) in [4.78, 5) is 0. The Kier molecular flexibility index (Phi) is 4.57. The van der Waals surface area contributed by atoms with Crippen molar-refractivity contribution in [3.63, 3.8) is 0 Å². The Morgan fingerprint density at radius 2 is 1.95 bits per heavy atom. The van der Waals surface area contributed by atoms with Gasteiger partial charge >= 0.3 is 0 Å². The third-order valence-electron chi connectivity index (χ3n) is 2.93. The number of benzene rings is 2. The summed E-state index contributed by atoms with van der Waals surface area (Å²) < 4.78 is 26.3. The zero-order chi connectivity index (χ0) is 14.7. The van der Waals surface area contributed by atoms with Crippen LogP contribution in [-0.2, 0) is 0 Å². The van der Waals surface area contributed by atoms with Crippen LogP contribution in [0.3, 0.4) is 0 Å². The van der Waals surface area contributed by atoms with E-state index in [0.717, 1.165) is 17.7 Å². The van der Waals surface area contributed by atoms with E-state index in [1.54, 1.807) is 12.1 Å². The Balaban J connectivity index is 2.06. The van der Waals surface area contributed by atoms with E-state index in [1.165, 1.54) is 6.07 Å². The van der Waals surface area contributed by atoms with Crippen molar-refractivity contribution < 1.29 is 13.9 Å². The van der Waals surface area contributed by atoms with Crippen molar-refractivity contribution in [3.8, 4) is 0 Å². The summed E-state index contributed by atoms with van der Waals surface area (Å²) in [7, 11) is 0. The first-order chi connectivity index (χ1) is 9.47. The van der Waals surface area contributed by atoms with Gasteiger partial charge in [-0.05, 0) is 30.7 Å². The zero-order valence-electron chi connectivity index (χ0n) is 10.8. The highest BCUT2D eigenvalue weighted by Gasteiger charge is 2.13. The van der Waals surface area contributed by atoms with Gasteiger partial charge in [-0.25, -0.2) is 8.78 Å². The van der Waals surface area contributed by atoms with Crippen LogP contribution in [-0.4, -0.2) is 11.7 Å². The molecule has 0 saturated heterocycles. The highest BCUT2D eigenvalue weighted by Crippen LogP contribution is 2.24. The topological polar surface area (TPSA) is 32.3 Å². The molecule has 0 amide bonds. The maximum atomic E-state index is 13.5. The SMILES string of the molecule is Cc1ccc(NCC(O)c2ccc(F)cc2F)c(Cl)c1. The molecule has 0 aliphatic heterocycles. The van der Waals surface area contributed by atoms with Crippen LogP contribution in [0.4, 0.5) is 14.5 Å². The molecule has 20 heavy (non-hydrogen) atoms. The van der Waals surface area contributed by atoms with Gasteiger partial charge in [0, 0.05) is 18.2 Å².